The quantitative estimate of drug-likeness (QED) is 0.712. The van der Waals surface area contributed by atoms with Gasteiger partial charge < -0.3 is 14.8 Å². The second-order valence-electron chi connectivity index (χ2n) is 6.04. The lowest BCUT2D eigenvalue weighted by atomic mass is 10.1. The molecule has 0 aliphatic carbocycles. The average molecular weight is 385 g/mol. The van der Waals surface area contributed by atoms with Gasteiger partial charge >= 0.3 is 0 Å². The number of nitriles is 1. The van der Waals surface area contributed by atoms with Crippen molar-refractivity contribution in [2.75, 3.05) is 7.11 Å². The smallest absolute Gasteiger partial charge is 0.245 e. The van der Waals surface area contributed by atoms with Crippen LogP contribution in [0.1, 0.15) is 31.0 Å². The highest BCUT2D eigenvalue weighted by Crippen LogP contribution is 2.29. The van der Waals surface area contributed by atoms with Crippen molar-refractivity contribution in [1.29, 1.82) is 5.26 Å². The Morgan fingerprint density at radius 2 is 2.00 bits per heavy atom. The lowest BCUT2D eigenvalue weighted by molar-refractivity contribution is -0.116. The maximum atomic E-state index is 12.2. The fourth-order valence-corrected chi connectivity index (χ4v) is 2.58. The maximum Gasteiger partial charge on any atom is 0.245 e. The summed E-state index contributed by atoms with van der Waals surface area (Å²) in [6.07, 6.45) is 3.04. The van der Waals surface area contributed by atoms with Gasteiger partial charge in [-0.1, -0.05) is 29.8 Å². The molecule has 1 N–H and O–H groups in total. The van der Waals surface area contributed by atoms with E-state index in [4.69, 9.17) is 21.1 Å². The summed E-state index contributed by atoms with van der Waals surface area (Å²) in [5.41, 5.74) is 1.40. The first-order valence-corrected chi connectivity index (χ1v) is 8.79. The Hall–Kier alpha value is -2.97. The monoisotopic (exact) mass is 384 g/mol. The Morgan fingerprint density at radius 3 is 2.63 bits per heavy atom. The Bertz CT molecular complexity index is 872. The number of hydrogen-bond donors (Lipinski definition) is 1. The van der Waals surface area contributed by atoms with Crippen LogP contribution in [0.5, 0.6) is 11.5 Å². The maximum absolute atomic E-state index is 12.2. The van der Waals surface area contributed by atoms with Gasteiger partial charge in [-0.15, -0.1) is 0 Å². The molecule has 0 aliphatic heterocycles. The van der Waals surface area contributed by atoms with Gasteiger partial charge in [0.05, 0.1) is 19.3 Å². The number of halogens is 1. The van der Waals surface area contributed by atoms with Crippen molar-refractivity contribution in [1.82, 2.24) is 5.32 Å². The molecule has 0 unspecified atom stereocenters. The summed E-state index contributed by atoms with van der Waals surface area (Å²) in [5.74, 6) is 0.836. The minimum absolute atomic E-state index is 0.0282. The van der Waals surface area contributed by atoms with Crippen molar-refractivity contribution in [3.63, 3.8) is 0 Å². The summed E-state index contributed by atoms with van der Waals surface area (Å²) in [6, 6.07) is 13.5. The van der Waals surface area contributed by atoms with Crippen LogP contribution in [-0.2, 0) is 4.79 Å². The number of hydrogen-bond acceptors (Lipinski definition) is 4. The van der Waals surface area contributed by atoms with E-state index in [9.17, 15) is 10.1 Å². The standard InChI is InChI=1S/C21H21ClN2O3/c1-14(2)27-19-9-7-15(11-20(19)26-3)8-10-21(25)24-18(13-23)16-5-4-6-17(22)12-16/h4-12,14,18H,1-3H3,(H,24,25)/b10-8+/t18-/m1/s1. The van der Waals surface area contributed by atoms with Crippen molar-refractivity contribution >= 4 is 23.6 Å². The Labute approximate surface area is 164 Å². The van der Waals surface area contributed by atoms with Gasteiger partial charge in [-0.2, -0.15) is 5.26 Å². The van der Waals surface area contributed by atoms with Crippen LogP contribution in [0.3, 0.4) is 0 Å². The first-order chi connectivity index (χ1) is 12.9. The van der Waals surface area contributed by atoms with Gasteiger partial charge in [0.1, 0.15) is 6.04 Å². The molecule has 1 amide bonds. The van der Waals surface area contributed by atoms with Crippen molar-refractivity contribution in [2.45, 2.75) is 26.0 Å². The van der Waals surface area contributed by atoms with Crippen LogP contribution in [0.15, 0.2) is 48.5 Å². The molecule has 140 valence electrons. The molecule has 27 heavy (non-hydrogen) atoms. The molecule has 2 aromatic carbocycles. The third-order valence-electron chi connectivity index (χ3n) is 3.58. The summed E-state index contributed by atoms with van der Waals surface area (Å²) >= 11 is 5.94. The van der Waals surface area contributed by atoms with Gasteiger partial charge in [-0.3, -0.25) is 4.79 Å². The molecule has 2 aromatic rings. The summed E-state index contributed by atoms with van der Waals surface area (Å²) in [5, 5.41) is 12.5. The van der Waals surface area contributed by atoms with Crippen molar-refractivity contribution < 1.29 is 14.3 Å². The number of amides is 1. The van der Waals surface area contributed by atoms with Crippen LogP contribution in [0.2, 0.25) is 5.02 Å². The number of ether oxygens (including phenoxy) is 2. The van der Waals surface area contributed by atoms with E-state index in [0.717, 1.165) is 5.56 Å². The van der Waals surface area contributed by atoms with Gasteiger partial charge in [0.2, 0.25) is 5.91 Å². The number of nitrogens with one attached hydrogen (secondary N) is 1. The molecule has 0 saturated carbocycles. The SMILES string of the molecule is COc1cc(/C=C/C(=O)N[C@H](C#N)c2cccc(Cl)c2)ccc1OC(C)C. The Balaban J connectivity index is 2.08. The number of rotatable bonds is 7. The summed E-state index contributed by atoms with van der Waals surface area (Å²) < 4.78 is 11.0. The summed E-state index contributed by atoms with van der Waals surface area (Å²) in [7, 11) is 1.56. The molecule has 0 heterocycles. The topological polar surface area (TPSA) is 71.3 Å². The molecule has 1 atom stereocenters. The predicted octanol–water partition coefficient (Wildman–Crippen LogP) is 4.53. The van der Waals surface area contributed by atoms with Gasteiger partial charge in [0.25, 0.3) is 0 Å². The minimum atomic E-state index is -0.780. The molecule has 6 heteroatoms. The summed E-state index contributed by atoms with van der Waals surface area (Å²) in [4.78, 5) is 12.2. The third-order valence-corrected chi connectivity index (χ3v) is 3.81. The number of methoxy groups -OCH3 is 1. The predicted molar refractivity (Wildman–Crippen MR) is 106 cm³/mol. The van der Waals surface area contributed by atoms with E-state index in [1.54, 1.807) is 49.6 Å². The number of carbonyl (C=O) groups excluding carboxylic acids is 1. The highest BCUT2D eigenvalue weighted by molar-refractivity contribution is 6.30. The largest absolute Gasteiger partial charge is 0.493 e. The van der Waals surface area contributed by atoms with Gasteiger partial charge in [0, 0.05) is 11.1 Å². The van der Waals surface area contributed by atoms with Crippen LogP contribution in [0.4, 0.5) is 0 Å². The van der Waals surface area contributed by atoms with Crippen molar-refractivity contribution in [2.24, 2.45) is 0 Å². The van der Waals surface area contributed by atoms with Crippen LogP contribution >= 0.6 is 11.6 Å². The van der Waals surface area contributed by atoms with Gasteiger partial charge in [-0.25, -0.2) is 0 Å². The fourth-order valence-electron chi connectivity index (χ4n) is 2.38. The van der Waals surface area contributed by atoms with E-state index < -0.39 is 6.04 Å². The highest BCUT2D eigenvalue weighted by Gasteiger charge is 2.12. The first kappa shape index (κ1) is 20.3. The number of benzene rings is 2. The zero-order valence-electron chi connectivity index (χ0n) is 15.4. The molecule has 0 saturated heterocycles. The van der Waals surface area contributed by atoms with Crippen LogP contribution in [-0.4, -0.2) is 19.1 Å². The molecule has 0 aromatic heterocycles. The molecular formula is C21H21ClN2O3. The van der Waals surface area contributed by atoms with Gasteiger partial charge in [0.15, 0.2) is 11.5 Å². The molecule has 0 fully saturated rings. The van der Waals surface area contributed by atoms with Crippen LogP contribution in [0.25, 0.3) is 6.08 Å². The molecule has 5 nitrogen and oxygen atoms in total. The highest BCUT2D eigenvalue weighted by atomic mass is 35.5. The van der Waals surface area contributed by atoms with Crippen molar-refractivity contribution in [3.8, 4) is 17.6 Å². The number of carbonyl (C=O) groups is 1. The zero-order valence-corrected chi connectivity index (χ0v) is 16.2. The number of nitrogens with zero attached hydrogens (tertiary/aromatic N) is 1. The Morgan fingerprint density at radius 1 is 1.22 bits per heavy atom. The molecule has 0 aliphatic rings. The zero-order chi connectivity index (χ0) is 19.8. The van der Waals surface area contributed by atoms with E-state index in [0.29, 0.717) is 22.1 Å². The molecular weight excluding hydrogens is 364 g/mol. The van der Waals surface area contributed by atoms with Crippen LogP contribution in [0, 0.1) is 11.3 Å². The van der Waals surface area contributed by atoms with Crippen molar-refractivity contribution in [3.05, 3.63) is 64.7 Å². The van der Waals surface area contributed by atoms with E-state index in [1.165, 1.54) is 6.08 Å². The third kappa shape index (κ3) is 6.05. The lowest BCUT2D eigenvalue weighted by Gasteiger charge is -2.13. The van der Waals surface area contributed by atoms with E-state index >= 15 is 0 Å². The van der Waals surface area contributed by atoms with Crippen LogP contribution < -0.4 is 14.8 Å². The fraction of sp³-hybridized carbons (Fsp3) is 0.238. The molecule has 0 spiro atoms. The van der Waals surface area contributed by atoms with Gasteiger partial charge in [-0.05, 0) is 55.3 Å². The second-order valence-corrected chi connectivity index (χ2v) is 6.47. The normalized spacial score (nSPS) is 11.9. The van der Waals surface area contributed by atoms with E-state index in [1.807, 2.05) is 19.9 Å². The lowest BCUT2D eigenvalue weighted by Crippen LogP contribution is -2.25. The average Bonchev–Trinajstić information content (AvgIpc) is 2.64. The Kier molecular flexibility index (Phi) is 7.27. The van der Waals surface area contributed by atoms with E-state index in [2.05, 4.69) is 11.4 Å². The van der Waals surface area contributed by atoms with E-state index in [-0.39, 0.29) is 12.0 Å². The summed E-state index contributed by atoms with van der Waals surface area (Å²) in [6.45, 7) is 3.87. The molecule has 0 radical (unpaired) electrons. The first-order valence-electron chi connectivity index (χ1n) is 8.41. The second kappa shape index (κ2) is 9.65. The molecule has 2 rings (SSSR count). The minimum Gasteiger partial charge on any atom is -0.493 e. The molecule has 0 bridgehead atoms.